The molecule has 15 heavy (non-hydrogen) atoms. The van der Waals surface area contributed by atoms with Gasteiger partial charge in [0.25, 0.3) is 0 Å². The number of rotatable bonds is 2. The molecular weight excluding hydrogens is 258 g/mol. The zero-order chi connectivity index (χ0) is 10.8. The number of carbonyl (C=O) groups excluding carboxylic acids is 2. The molecule has 2 rings (SSSR count). The van der Waals surface area contributed by atoms with E-state index in [1.54, 1.807) is 23.1 Å². The predicted molar refractivity (Wildman–Crippen MR) is 61.1 cm³/mol. The highest BCUT2D eigenvalue weighted by molar-refractivity contribution is 9.10. The van der Waals surface area contributed by atoms with Crippen LogP contribution in [0.25, 0.3) is 0 Å². The Hall–Kier alpha value is -1.16. The largest absolute Gasteiger partial charge is 0.311 e. The SMILES string of the molecule is O=Cc1ccc(N2CCCC2=O)c(Br)c1. The van der Waals surface area contributed by atoms with Crippen molar-refractivity contribution in [1.29, 1.82) is 0 Å². The number of benzene rings is 1. The molecule has 1 saturated heterocycles. The van der Waals surface area contributed by atoms with Gasteiger partial charge in [0.1, 0.15) is 6.29 Å². The van der Waals surface area contributed by atoms with Gasteiger partial charge in [0.2, 0.25) is 5.91 Å². The first-order chi connectivity index (χ1) is 7.22. The number of amides is 1. The molecule has 1 aromatic carbocycles. The van der Waals surface area contributed by atoms with Crippen molar-refractivity contribution in [2.45, 2.75) is 12.8 Å². The molecule has 1 aliphatic rings. The van der Waals surface area contributed by atoms with Crippen molar-refractivity contribution in [2.24, 2.45) is 0 Å². The van der Waals surface area contributed by atoms with Gasteiger partial charge in [0.05, 0.1) is 5.69 Å². The van der Waals surface area contributed by atoms with Crippen molar-refractivity contribution >= 4 is 33.8 Å². The summed E-state index contributed by atoms with van der Waals surface area (Å²) in [4.78, 5) is 23.8. The first-order valence-corrected chi connectivity index (χ1v) is 5.57. The zero-order valence-electron chi connectivity index (χ0n) is 8.07. The zero-order valence-corrected chi connectivity index (χ0v) is 9.66. The van der Waals surface area contributed by atoms with Gasteiger partial charge in [-0.3, -0.25) is 9.59 Å². The fourth-order valence-corrected chi connectivity index (χ4v) is 2.33. The summed E-state index contributed by atoms with van der Waals surface area (Å²) in [5.74, 6) is 0.148. The van der Waals surface area contributed by atoms with Gasteiger partial charge in [-0.25, -0.2) is 0 Å². The number of anilines is 1. The Morgan fingerprint density at radius 1 is 1.40 bits per heavy atom. The van der Waals surface area contributed by atoms with Gasteiger partial charge in [0, 0.05) is 23.0 Å². The van der Waals surface area contributed by atoms with E-state index in [1.807, 2.05) is 0 Å². The third kappa shape index (κ3) is 1.95. The second-order valence-corrected chi connectivity index (χ2v) is 4.33. The number of hydrogen-bond acceptors (Lipinski definition) is 2. The van der Waals surface area contributed by atoms with Crippen LogP contribution in [0.3, 0.4) is 0 Å². The molecule has 0 spiro atoms. The summed E-state index contributed by atoms with van der Waals surface area (Å²) in [6.07, 6.45) is 2.31. The van der Waals surface area contributed by atoms with E-state index in [9.17, 15) is 9.59 Å². The molecule has 1 amide bonds. The molecule has 0 aromatic heterocycles. The van der Waals surface area contributed by atoms with Crippen molar-refractivity contribution in [3.05, 3.63) is 28.2 Å². The minimum atomic E-state index is 0.148. The Morgan fingerprint density at radius 2 is 2.20 bits per heavy atom. The first-order valence-electron chi connectivity index (χ1n) is 4.77. The molecule has 0 saturated carbocycles. The Balaban J connectivity index is 2.36. The number of nitrogens with zero attached hydrogens (tertiary/aromatic N) is 1. The topological polar surface area (TPSA) is 37.4 Å². The summed E-state index contributed by atoms with van der Waals surface area (Å²) in [7, 11) is 0. The molecule has 0 unspecified atom stereocenters. The van der Waals surface area contributed by atoms with Crippen LogP contribution in [-0.4, -0.2) is 18.7 Å². The van der Waals surface area contributed by atoms with E-state index in [1.165, 1.54) is 0 Å². The lowest BCUT2D eigenvalue weighted by Crippen LogP contribution is -2.24. The van der Waals surface area contributed by atoms with Gasteiger partial charge in [0.15, 0.2) is 0 Å². The number of carbonyl (C=O) groups is 2. The fourth-order valence-electron chi connectivity index (χ4n) is 1.72. The van der Waals surface area contributed by atoms with Crippen LogP contribution in [0.4, 0.5) is 5.69 Å². The highest BCUT2D eigenvalue weighted by Gasteiger charge is 2.23. The molecule has 3 nitrogen and oxygen atoms in total. The van der Waals surface area contributed by atoms with Crippen LogP contribution < -0.4 is 4.90 Å². The summed E-state index contributed by atoms with van der Waals surface area (Å²) in [5.41, 5.74) is 1.46. The molecular formula is C11H10BrNO2. The third-order valence-corrected chi connectivity index (χ3v) is 3.11. The molecule has 1 fully saturated rings. The van der Waals surface area contributed by atoms with E-state index >= 15 is 0 Å². The summed E-state index contributed by atoms with van der Waals surface area (Å²) in [6.45, 7) is 0.762. The highest BCUT2D eigenvalue weighted by Crippen LogP contribution is 2.30. The average molecular weight is 268 g/mol. The predicted octanol–water partition coefficient (Wildman–Crippen LogP) is 2.39. The van der Waals surface area contributed by atoms with Gasteiger partial charge >= 0.3 is 0 Å². The maximum absolute atomic E-state index is 11.5. The van der Waals surface area contributed by atoms with Gasteiger partial charge in [-0.1, -0.05) is 0 Å². The van der Waals surface area contributed by atoms with Crippen LogP contribution in [-0.2, 0) is 4.79 Å². The Kier molecular flexibility index (Phi) is 2.86. The van der Waals surface area contributed by atoms with E-state index in [2.05, 4.69) is 15.9 Å². The minimum absolute atomic E-state index is 0.148. The average Bonchev–Trinajstić information content (AvgIpc) is 2.64. The van der Waals surface area contributed by atoms with Gasteiger partial charge in [-0.15, -0.1) is 0 Å². The summed E-state index contributed by atoms with van der Waals surface area (Å²) >= 11 is 3.37. The molecule has 78 valence electrons. The monoisotopic (exact) mass is 267 g/mol. The van der Waals surface area contributed by atoms with Crippen LogP contribution in [0.2, 0.25) is 0 Å². The van der Waals surface area contributed by atoms with Crippen molar-refractivity contribution in [1.82, 2.24) is 0 Å². The van der Waals surface area contributed by atoms with Crippen LogP contribution in [0.5, 0.6) is 0 Å². The summed E-state index contributed by atoms with van der Waals surface area (Å²) in [6, 6.07) is 5.25. The van der Waals surface area contributed by atoms with Crippen LogP contribution >= 0.6 is 15.9 Å². The molecule has 0 bridgehead atoms. The van der Waals surface area contributed by atoms with Crippen molar-refractivity contribution in [3.63, 3.8) is 0 Å². The molecule has 0 N–H and O–H groups in total. The van der Waals surface area contributed by atoms with Gasteiger partial charge < -0.3 is 4.90 Å². The van der Waals surface area contributed by atoms with E-state index in [4.69, 9.17) is 0 Å². The number of halogens is 1. The van der Waals surface area contributed by atoms with Crippen molar-refractivity contribution in [3.8, 4) is 0 Å². The number of hydrogen-bond donors (Lipinski definition) is 0. The van der Waals surface area contributed by atoms with Crippen molar-refractivity contribution < 1.29 is 9.59 Å². The third-order valence-electron chi connectivity index (χ3n) is 2.47. The smallest absolute Gasteiger partial charge is 0.227 e. The van der Waals surface area contributed by atoms with Gasteiger partial charge in [-0.05, 0) is 40.5 Å². The van der Waals surface area contributed by atoms with Gasteiger partial charge in [-0.2, -0.15) is 0 Å². The van der Waals surface area contributed by atoms with Crippen LogP contribution in [0.1, 0.15) is 23.2 Å². The van der Waals surface area contributed by atoms with Crippen LogP contribution in [0, 0.1) is 0 Å². The molecule has 0 atom stereocenters. The van der Waals surface area contributed by atoms with Crippen LogP contribution in [0.15, 0.2) is 22.7 Å². The Morgan fingerprint density at radius 3 is 2.73 bits per heavy atom. The lowest BCUT2D eigenvalue weighted by molar-refractivity contribution is -0.117. The normalized spacial score (nSPS) is 15.8. The van der Waals surface area contributed by atoms with E-state index in [-0.39, 0.29) is 5.91 Å². The number of aldehydes is 1. The highest BCUT2D eigenvalue weighted by atomic mass is 79.9. The molecule has 0 aliphatic carbocycles. The van der Waals surface area contributed by atoms with E-state index in [0.29, 0.717) is 12.0 Å². The standard InChI is InChI=1S/C11H10BrNO2/c12-9-6-8(7-14)3-4-10(9)13-5-1-2-11(13)15/h3-4,6-7H,1-2,5H2. The maximum atomic E-state index is 11.5. The molecule has 1 aromatic rings. The minimum Gasteiger partial charge on any atom is -0.311 e. The summed E-state index contributed by atoms with van der Waals surface area (Å²) < 4.78 is 0.794. The second kappa shape index (κ2) is 4.14. The second-order valence-electron chi connectivity index (χ2n) is 3.48. The lowest BCUT2D eigenvalue weighted by atomic mass is 10.2. The lowest BCUT2D eigenvalue weighted by Gasteiger charge is -2.17. The van der Waals surface area contributed by atoms with E-state index in [0.717, 1.165) is 29.4 Å². The molecule has 1 heterocycles. The Labute approximate surface area is 96.2 Å². The van der Waals surface area contributed by atoms with Crippen molar-refractivity contribution in [2.75, 3.05) is 11.4 Å². The van der Waals surface area contributed by atoms with E-state index < -0.39 is 0 Å². The molecule has 0 radical (unpaired) electrons. The maximum Gasteiger partial charge on any atom is 0.227 e. The molecule has 1 aliphatic heterocycles. The molecule has 4 heteroatoms. The fraction of sp³-hybridized carbons (Fsp3) is 0.273. The quantitative estimate of drug-likeness (QED) is 0.772. The summed E-state index contributed by atoms with van der Waals surface area (Å²) in [5, 5.41) is 0. The Bertz CT molecular complexity index is 417. The first kappa shape index (κ1) is 10.4.